The molecule has 1 aromatic rings. The number of rotatable bonds is 4. The van der Waals surface area contributed by atoms with E-state index >= 15 is 0 Å². The highest BCUT2D eigenvalue weighted by atomic mass is 16.2. The van der Waals surface area contributed by atoms with Gasteiger partial charge in [-0.25, -0.2) is 4.98 Å². The fourth-order valence-electron chi connectivity index (χ4n) is 3.39. The zero-order chi connectivity index (χ0) is 13.9. The molecule has 3 rings (SSSR count). The van der Waals surface area contributed by atoms with Gasteiger partial charge in [0.25, 0.3) is 0 Å². The normalized spacial score (nSPS) is 25.4. The molecule has 2 heterocycles. The molecule has 1 aliphatic carbocycles. The number of hydrogen-bond donors (Lipinski definition) is 0. The Kier molecular flexibility index (Phi) is 3.85. The van der Waals surface area contributed by atoms with Crippen molar-refractivity contribution >= 4 is 5.91 Å². The van der Waals surface area contributed by atoms with Gasteiger partial charge in [-0.1, -0.05) is 11.6 Å². The minimum Gasteiger partial charge on any atom is -0.342 e. The Balaban J connectivity index is 1.45. The number of carbonyl (C=O) groups excluding carboxylic acids is 1. The fraction of sp³-hybridized carbons (Fsp3) is 0.667. The first kappa shape index (κ1) is 13.3. The van der Waals surface area contributed by atoms with E-state index < -0.39 is 0 Å². The molecule has 1 aliphatic heterocycles. The largest absolute Gasteiger partial charge is 0.342 e. The first-order chi connectivity index (χ1) is 9.72. The van der Waals surface area contributed by atoms with Crippen molar-refractivity contribution in [3.05, 3.63) is 24.3 Å². The van der Waals surface area contributed by atoms with Crippen LogP contribution in [-0.4, -0.2) is 38.7 Å². The summed E-state index contributed by atoms with van der Waals surface area (Å²) in [5.41, 5.74) is 1.49. The van der Waals surface area contributed by atoms with E-state index in [0.29, 0.717) is 24.2 Å². The average molecular weight is 274 g/mol. The molecule has 5 nitrogen and oxygen atoms in total. The summed E-state index contributed by atoms with van der Waals surface area (Å²) in [4.78, 5) is 18.2. The van der Waals surface area contributed by atoms with Gasteiger partial charge < -0.3 is 4.90 Å². The Morgan fingerprint density at radius 1 is 1.40 bits per heavy atom. The second kappa shape index (κ2) is 5.77. The summed E-state index contributed by atoms with van der Waals surface area (Å²) in [6.07, 6.45) is 9.36. The van der Waals surface area contributed by atoms with Crippen molar-refractivity contribution in [1.82, 2.24) is 19.7 Å². The lowest BCUT2D eigenvalue weighted by Crippen LogP contribution is -2.29. The van der Waals surface area contributed by atoms with Gasteiger partial charge in [-0.2, -0.15) is 5.10 Å². The molecule has 1 aromatic heterocycles. The summed E-state index contributed by atoms with van der Waals surface area (Å²) in [5, 5.41) is 4.05. The van der Waals surface area contributed by atoms with Crippen molar-refractivity contribution in [2.24, 2.45) is 11.8 Å². The maximum Gasteiger partial charge on any atom is 0.222 e. The van der Waals surface area contributed by atoms with E-state index in [0.717, 1.165) is 32.5 Å². The van der Waals surface area contributed by atoms with Crippen molar-refractivity contribution in [2.45, 2.75) is 39.2 Å². The van der Waals surface area contributed by atoms with E-state index in [1.807, 2.05) is 0 Å². The Hall–Kier alpha value is -1.65. The van der Waals surface area contributed by atoms with Crippen LogP contribution >= 0.6 is 0 Å². The summed E-state index contributed by atoms with van der Waals surface area (Å²) in [5.74, 6) is 1.69. The summed E-state index contributed by atoms with van der Waals surface area (Å²) < 4.78 is 1.78. The molecule has 0 radical (unpaired) electrons. The zero-order valence-corrected chi connectivity index (χ0v) is 12.0. The van der Waals surface area contributed by atoms with Gasteiger partial charge in [0.1, 0.15) is 12.7 Å². The third-order valence-corrected chi connectivity index (χ3v) is 4.53. The lowest BCUT2D eigenvalue weighted by atomic mass is 9.83. The summed E-state index contributed by atoms with van der Waals surface area (Å²) in [6.45, 7) is 4.89. The molecule has 2 atom stereocenters. The number of aryl methyl sites for hydroxylation is 1. The highest BCUT2D eigenvalue weighted by Gasteiger charge is 2.35. The minimum absolute atomic E-state index is 0.303. The maximum atomic E-state index is 12.3. The van der Waals surface area contributed by atoms with Crippen LogP contribution in [0.25, 0.3) is 0 Å². The lowest BCUT2D eigenvalue weighted by Gasteiger charge is -2.21. The van der Waals surface area contributed by atoms with Crippen LogP contribution in [0.5, 0.6) is 0 Å². The van der Waals surface area contributed by atoms with Crippen LogP contribution in [0, 0.1) is 11.8 Å². The molecule has 0 aromatic carbocycles. The average Bonchev–Trinajstić information content (AvgIpc) is 3.06. The number of carbonyl (C=O) groups is 1. The molecule has 20 heavy (non-hydrogen) atoms. The molecule has 5 heteroatoms. The quantitative estimate of drug-likeness (QED) is 0.788. The van der Waals surface area contributed by atoms with E-state index in [1.54, 1.807) is 11.0 Å². The first-order valence-electron chi connectivity index (χ1n) is 7.48. The molecule has 0 unspecified atom stereocenters. The van der Waals surface area contributed by atoms with Gasteiger partial charge in [0.15, 0.2) is 0 Å². The maximum absolute atomic E-state index is 12.3. The number of aromatic nitrogens is 3. The number of likely N-dealkylation sites (tertiary alicyclic amines) is 1. The first-order valence-corrected chi connectivity index (χ1v) is 7.48. The van der Waals surface area contributed by atoms with E-state index in [2.05, 4.69) is 28.0 Å². The van der Waals surface area contributed by atoms with Crippen LogP contribution in [0.3, 0.4) is 0 Å². The van der Waals surface area contributed by atoms with E-state index in [1.165, 1.54) is 18.3 Å². The van der Waals surface area contributed by atoms with Gasteiger partial charge in [-0.3, -0.25) is 9.48 Å². The van der Waals surface area contributed by atoms with Crippen molar-refractivity contribution in [3.8, 4) is 0 Å². The van der Waals surface area contributed by atoms with Gasteiger partial charge in [0, 0.05) is 26.1 Å². The van der Waals surface area contributed by atoms with E-state index in [4.69, 9.17) is 0 Å². The van der Waals surface area contributed by atoms with Gasteiger partial charge in [-0.05, 0) is 38.0 Å². The molecule has 2 aliphatic rings. The number of fused-ring (bicyclic) bond motifs is 1. The molecular weight excluding hydrogens is 252 g/mol. The predicted molar refractivity (Wildman–Crippen MR) is 75.8 cm³/mol. The Morgan fingerprint density at radius 3 is 3.05 bits per heavy atom. The monoisotopic (exact) mass is 274 g/mol. The summed E-state index contributed by atoms with van der Waals surface area (Å²) >= 11 is 0. The molecular formula is C15H22N4O. The van der Waals surface area contributed by atoms with Crippen molar-refractivity contribution in [3.63, 3.8) is 0 Å². The number of hydrogen-bond acceptors (Lipinski definition) is 3. The SMILES string of the molecule is CC1=CC[C@H]2CN(C(=O)CCCn3cncn3)C[C@H]2C1. The van der Waals surface area contributed by atoms with E-state index in [9.17, 15) is 4.79 Å². The highest BCUT2D eigenvalue weighted by molar-refractivity contribution is 5.76. The smallest absolute Gasteiger partial charge is 0.222 e. The molecule has 0 N–H and O–H groups in total. The third-order valence-electron chi connectivity index (χ3n) is 4.53. The third kappa shape index (κ3) is 2.92. The molecule has 0 spiro atoms. The lowest BCUT2D eigenvalue weighted by molar-refractivity contribution is -0.130. The topological polar surface area (TPSA) is 51.0 Å². The van der Waals surface area contributed by atoms with Crippen molar-refractivity contribution in [1.29, 1.82) is 0 Å². The van der Waals surface area contributed by atoms with Crippen molar-refractivity contribution in [2.75, 3.05) is 13.1 Å². The van der Waals surface area contributed by atoms with E-state index in [-0.39, 0.29) is 0 Å². The van der Waals surface area contributed by atoms with Crippen LogP contribution < -0.4 is 0 Å². The molecule has 0 bridgehead atoms. The van der Waals surface area contributed by atoms with Crippen LogP contribution in [-0.2, 0) is 11.3 Å². The van der Waals surface area contributed by atoms with Gasteiger partial charge in [0.05, 0.1) is 0 Å². The highest BCUT2D eigenvalue weighted by Crippen LogP contribution is 2.35. The number of nitrogens with zero attached hydrogens (tertiary/aromatic N) is 4. The molecule has 108 valence electrons. The Morgan fingerprint density at radius 2 is 2.25 bits per heavy atom. The summed E-state index contributed by atoms with van der Waals surface area (Å²) in [7, 11) is 0. The van der Waals surface area contributed by atoms with Crippen LogP contribution in [0.4, 0.5) is 0 Å². The Labute approximate surface area is 119 Å². The second-order valence-electron chi connectivity index (χ2n) is 6.07. The Bertz CT molecular complexity index is 494. The molecule has 1 fully saturated rings. The van der Waals surface area contributed by atoms with Crippen molar-refractivity contribution < 1.29 is 4.79 Å². The van der Waals surface area contributed by atoms with Gasteiger partial charge in [0.2, 0.25) is 5.91 Å². The van der Waals surface area contributed by atoms with Gasteiger partial charge >= 0.3 is 0 Å². The molecule has 1 amide bonds. The van der Waals surface area contributed by atoms with Crippen LogP contribution in [0.1, 0.15) is 32.6 Å². The fourth-order valence-corrected chi connectivity index (χ4v) is 3.39. The minimum atomic E-state index is 0.303. The summed E-state index contributed by atoms with van der Waals surface area (Å²) in [6, 6.07) is 0. The zero-order valence-electron chi connectivity index (χ0n) is 12.0. The number of amides is 1. The number of allylic oxidation sites excluding steroid dienone is 2. The van der Waals surface area contributed by atoms with Gasteiger partial charge in [-0.15, -0.1) is 0 Å². The predicted octanol–water partition coefficient (Wildman–Crippen LogP) is 1.87. The second-order valence-corrected chi connectivity index (χ2v) is 6.07. The van der Waals surface area contributed by atoms with Crippen LogP contribution in [0.2, 0.25) is 0 Å². The molecule has 0 saturated carbocycles. The molecule has 1 saturated heterocycles. The standard InChI is InChI=1S/C15H22N4O/c1-12-4-5-13-8-18(9-14(13)7-12)15(20)3-2-6-19-11-16-10-17-19/h4,10-11,13-14H,2-3,5-9H2,1H3/t13-,14+/m0/s1. The van der Waals surface area contributed by atoms with Crippen LogP contribution in [0.15, 0.2) is 24.3 Å².